The summed E-state index contributed by atoms with van der Waals surface area (Å²) in [6.07, 6.45) is 1.51. The van der Waals surface area contributed by atoms with Crippen LogP contribution in [0.4, 0.5) is 14.9 Å². The van der Waals surface area contributed by atoms with Crippen molar-refractivity contribution in [2.75, 3.05) is 19.5 Å². The second-order valence-corrected chi connectivity index (χ2v) is 9.62. The lowest BCUT2D eigenvalue weighted by atomic mass is 10.2. The molecule has 0 fully saturated rings. The molecule has 38 heavy (non-hydrogen) atoms. The molecule has 0 atom stereocenters. The molecule has 4 aromatic rings. The summed E-state index contributed by atoms with van der Waals surface area (Å²) in [7, 11) is -1.35. The number of carbonyl (C=O) groups excluding carboxylic acids is 1. The van der Waals surface area contributed by atoms with Gasteiger partial charge in [-0.05, 0) is 78.4 Å². The second kappa shape index (κ2) is 11.7. The molecule has 1 N–H and O–H groups in total. The number of amides is 2. The van der Waals surface area contributed by atoms with Gasteiger partial charge in [0, 0.05) is 12.2 Å². The molecule has 0 spiro atoms. The highest BCUT2D eigenvalue weighted by Crippen LogP contribution is 2.31. The minimum atomic E-state index is -4.28. The SMILES string of the molecule is COc1ccc(NC(=O)N(Cc2ccc(OC)c(OS(=O)(=O)c3ccc(F)cc3)c2)Cc2ccco2)cc1. The first-order chi connectivity index (χ1) is 18.3. The number of carbonyl (C=O) groups is 1. The number of nitrogens with zero attached hydrogens (tertiary/aromatic N) is 1. The number of rotatable bonds is 10. The summed E-state index contributed by atoms with van der Waals surface area (Å²) in [6, 6.07) is 18.9. The standard InChI is InChI=1S/C27H25FN2O7S/c1-34-22-10-8-21(9-11-22)29-27(31)30(18-23-4-3-15-36-23)17-19-5-14-25(35-2)26(16-19)37-38(32,33)24-12-6-20(28)7-13-24/h3-16H,17-18H2,1-2H3,(H,29,31). The zero-order valence-electron chi connectivity index (χ0n) is 20.6. The number of anilines is 1. The predicted molar refractivity (Wildman–Crippen MR) is 137 cm³/mol. The Morgan fingerprint density at radius 3 is 2.29 bits per heavy atom. The maximum absolute atomic E-state index is 13.3. The van der Waals surface area contributed by atoms with Crippen molar-refractivity contribution < 1.29 is 35.7 Å². The van der Waals surface area contributed by atoms with Crippen LogP contribution in [-0.4, -0.2) is 33.6 Å². The molecule has 11 heteroatoms. The number of urea groups is 1. The first-order valence-electron chi connectivity index (χ1n) is 11.4. The number of methoxy groups -OCH3 is 2. The van der Waals surface area contributed by atoms with E-state index in [2.05, 4.69) is 5.32 Å². The molecular weight excluding hydrogens is 515 g/mol. The van der Waals surface area contributed by atoms with Crippen LogP contribution in [-0.2, 0) is 23.2 Å². The van der Waals surface area contributed by atoms with Crippen molar-refractivity contribution in [3.05, 3.63) is 102 Å². The van der Waals surface area contributed by atoms with Crippen molar-refractivity contribution in [3.8, 4) is 17.2 Å². The molecule has 0 radical (unpaired) electrons. The van der Waals surface area contributed by atoms with Gasteiger partial charge in [-0.15, -0.1) is 0 Å². The first-order valence-corrected chi connectivity index (χ1v) is 12.8. The highest BCUT2D eigenvalue weighted by Gasteiger charge is 2.22. The van der Waals surface area contributed by atoms with Gasteiger partial charge < -0.3 is 28.3 Å². The van der Waals surface area contributed by atoms with Gasteiger partial charge in [0.25, 0.3) is 0 Å². The Balaban J connectivity index is 1.58. The normalized spacial score (nSPS) is 11.0. The quantitative estimate of drug-likeness (QED) is 0.267. The van der Waals surface area contributed by atoms with E-state index in [-0.39, 0.29) is 29.5 Å². The number of benzene rings is 3. The third-order valence-electron chi connectivity index (χ3n) is 5.46. The molecule has 1 aromatic heterocycles. The fourth-order valence-corrected chi connectivity index (χ4v) is 4.47. The molecular formula is C27H25FN2O7S. The minimum absolute atomic E-state index is 0.0807. The van der Waals surface area contributed by atoms with Crippen molar-refractivity contribution in [3.63, 3.8) is 0 Å². The molecule has 0 aliphatic heterocycles. The van der Waals surface area contributed by atoms with Gasteiger partial charge in [-0.1, -0.05) is 6.07 Å². The summed E-state index contributed by atoms with van der Waals surface area (Å²) in [5.74, 6) is 0.714. The smallest absolute Gasteiger partial charge is 0.339 e. The van der Waals surface area contributed by atoms with E-state index in [0.29, 0.717) is 22.8 Å². The van der Waals surface area contributed by atoms with Crippen molar-refractivity contribution in [2.45, 2.75) is 18.0 Å². The number of furan rings is 1. The third-order valence-corrected chi connectivity index (χ3v) is 6.71. The number of ether oxygens (including phenoxy) is 2. The van der Waals surface area contributed by atoms with E-state index in [1.54, 1.807) is 49.6 Å². The maximum atomic E-state index is 13.3. The fraction of sp³-hybridized carbons (Fsp3) is 0.148. The monoisotopic (exact) mass is 540 g/mol. The van der Waals surface area contributed by atoms with Gasteiger partial charge in [0.2, 0.25) is 0 Å². The minimum Gasteiger partial charge on any atom is -0.497 e. The summed E-state index contributed by atoms with van der Waals surface area (Å²) < 4.78 is 60.0. The Hall–Kier alpha value is -4.51. The lowest BCUT2D eigenvalue weighted by molar-refractivity contribution is 0.201. The first kappa shape index (κ1) is 26.6. The van der Waals surface area contributed by atoms with Crippen LogP contribution in [0.15, 0.2) is 94.4 Å². The molecule has 3 aromatic carbocycles. The summed E-state index contributed by atoms with van der Waals surface area (Å²) >= 11 is 0. The van der Waals surface area contributed by atoms with E-state index >= 15 is 0 Å². The van der Waals surface area contributed by atoms with E-state index < -0.39 is 22.0 Å². The van der Waals surface area contributed by atoms with E-state index in [1.807, 2.05) is 0 Å². The number of halogens is 1. The maximum Gasteiger partial charge on any atom is 0.339 e. The van der Waals surface area contributed by atoms with Crippen LogP contribution in [0.25, 0.3) is 0 Å². The average molecular weight is 541 g/mol. The average Bonchev–Trinajstić information content (AvgIpc) is 3.42. The van der Waals surface area contributed by atoms with E-state index in [4.69, 9.17) is 18.1 Å². The third kappa shape index (κ3) is 6.62. The zero-order valence-corrected chi connectivity index (χ0v) is 21.4. The van der Waals surface area contributed by atoms with Gasteiger partial charge in [-0.2, -0.15) is 8.42 Å². The van der Waals surface area contributed by atoms with Gasteiger partial charge in [-0.3, -0.25) is 0 Å². The van der Waals surface area contributed by atoms with Crippen LogP contribution in [0.1, 0.15) is 11.3 Å². The van der Waals surface area contributed by atoms with E-state index in [0.717, 1.165) is 24.3 Å². The van der Waals surface area contributed by atoms with Crippen molar-refractivity contribution in [1.29, 1.82) is 0 Å². The largest absolute Gasteiger partial charge is 0.497 e. The molecule has 4 rings (SSSR count). The zero-order chi connectivity index (χ0) is 27.1. The summed E-state index contributed by atoms with van der Waals surface area (Å²) in [6.45, 7) is 0.227. The van der Waals surface area contributed by atoms with Crippen molar-refractivity contribution in [1.82, 2.24) is 4.90 Å². The summed E-state index contributed by atoms with van der Waals surface area (Å²) in [4.78, 5) is 14.5. The summed E-state index contributed by atoms with van der Waals surface area (Å²) in [5, 5.41) is 2.83. The van der Waals surface area contributed by atoms with Crippen LogP contribution in [0.2, 0.25) is 0 Å². The molecule has 0 unspecified atom stereocenters. The molecule has 198 valence electrons. The number of hydrogen-bond acceptors (Lipinski definition) is 7. The van der Waals surface area contributed by atoms with Crippen molar-refractivity contribution >= 4 is 21.8 Å². The van der Waals surface area contributed by atoms with Crippen LogP contribution in [0, 0.1) is 5.82 Å². The molecule has 0 saturated heterocycles. The van der Waals surface area contributed by atoms with Crippen LogP contribution in [0.5, 0.6) is 17.2 Å². The molecule has 0 bridgehead atoms. The Kier molecular flexibility index (Phi) is 8.17. The van der Waals surface area contributed by atoms with Gasteiger partial charge >= 0.3 is 16.1 Å². The van der Waals surface area contributed by atoms with E-state index in [9.17, 15) is 17.6 Å². The number of hydrogen-bond donors (Lipinski definition) is 1. The Morgan fingerprint density at radius 1 is 0.921 bits per heavy atom. The van der Waals surface area contributed by atoms with Crippen LogP contribution >= 0.6 is 0 Å². The van der Waals surface area contributed by atoms with Gasteiger partial charge in [0.15, 0.2) is 11.5 Å². The lowest BCUT2D eigenvalue weighted by Crippen LogP contribution is -2.34. The lowest BCUT2D eigenvalue weighted by Gasteiger charge is -2.23. The highest BCUT2D eigenvalue weighted by molar-refractivity contribution is 7.87. The highest BCUT2D eigenvalue weighted by atomic mass is 32.2. The van der Waals surface area contributed by atoms with Crippen molar-refractivity contribution in [2.24, 2.45) is 0 Å². The van der Waals surface area contributed by atoms with Crippen LogP contribution < -0.4 is 19.0 Å². The van der Waals surface area contributed by atoms with Crippen LogP contribution in [0.3, 0.4) is 0 Å². The fourth-order valence-electron chi connectivity index (χ4n) is 3.54. The molecule has 9 nitrogen and oxygen atoms in total. The molecule has 0 aliphatic rings. The molecule has 0 saturated carbocycles. The summed E-state index contributed by atoms with van der Waals surface area (Å²) in [5.41, 5.74) is 1.12. The number of nitrogens with one attached hydrogen (secondary N) is 1. The second-order valence-electron chi connectivity index (χ2n) is 8.07. The predicted octanol–water partition coefficient (Wildman–Crippen LogP) is 5.44. The Labute approximate surface area is 219 Å². The molecule has 0 aliphatic carbocycles. The van der Waals surface area contributed by atoms with Gasteiger partial charge in [0.05, 0.1) is 27.0 Å². The molecule has 2 amide bonds. The Morgan fingerprint density at radius 2 is 1.66 bits per heavy atom. The van der Waals surface area contributed by atoms with Gasteiger partial charge in [-0.25, -0.2) is 9.18 Å². The molecule has 1 heterocycles. The van der Waals surface area contributed by atoms with E-state index in [1.165, 1.54) is 30.4 Å². The van der Waals surface area contributed by atoms with Gasteiger partial charge in [0.1, 0.15) is 22.2 Å². The Bertz CT molecular complexity index is 1470. The topological polar surface area (TPSA) is 107 Å².